The van der Waals surface area contributed by atoms with E-state index in [-0.39, 0.29) is 11.8 Å². The summed E-state index contributed by atoms with van der Waals surface area (Å²) in [5.74, 6) is 0.176. The van der Waals surface area contributed by atoms with Crippen LogP contribution in [0.5, 0.6) is 0 Å². The maximum absolute atomic E-state index is 12.4. The lowest BCUT2D eigenvalue weighted by Gasteiger charge is -2.35. The fourth-order valence-electron chi connectivity index (χ4n) is 2.49. The molecular weight excluding hydrogens is 280 g/mol. The van der Waals surface area contributed by atoms with E-state index < -0.39 is 10.0 Å². The molecule has 0 aromatic carbocycles. The smallest absolute Gasteiger partial charge is 0.214 e. The third kappa shape index (κ3) is 6.05. The Balaban J connectivity index is 2.49. The molecule has 1 aliphatic heterocycles. The van der Waals surface area contributed by atoms with E-state index in [9.17, 15) is 8.42 Å². The van der Waals surface area contributed by atoms with E-state index in [4.69, 9.17) is 9.47 Å². The lowest BCUT2D eigenvalue weighted by Crippen LogP contribution is -2.49. The van der Waals surface area contributed by atoms with Crippen LogP contribution in [0.15, 0.2) is 0 Å². The van der Waals surface area contributed by atoms with Crippen LogP contribution in [0.1, 0.15) is 25.7 Å². The van der Waals surface area contributed by atoms with Crippen LogP contribution in [0.25, 0.3) is 0 Å². The zero-order chi connectivity index (χ0) is 14.8. The van der Waals surface area contributed by atoms with E-state index in [1.807, 2.05) is 0 Å². The molecule has 1 fully saturated rings. The molecule has 20 heavy (non-hydrogen) atoms. The van der Waals surface area contributed by atoms with Gasteiger partial charge in [0, 0.05) is 46.5 Å². The molecule has 6 nitrogen and oxygen atoms in total. The highest BCUT2D eigenvalue weighted by Crippen LogP contribution is 2.20. The van der Waals surface area contributed by atoms with Crippen LogP contribution in [0.4, 0.5) is 0 Å². The maximum Gasteiger partial charge on any atom is 0.214 e. The Labute approximate surface area is 122 Å². The Kier molecular flexibility index (Phi) is 8.63. The third-order valence-corrected chi connectivity index (χ3v) is 5.54. The van der Waals surface area contributed by atoms with Crippen molar-refractivity contribution in [2.24, 2.45) is 0 Å². The van der Waals surface area contributed by atoms with Gasteiger partial charge in [-0.15, -0.1) is 0 Å². The molecule has 0 aliphatic carbocycles. The molecule has 120 valence electrons. The summed E-state index contributed by atoms with van der Waals surface area (Å²) < 4.78 is 36.4. The topological polar surface area (TPSA) is 67.9 Å². The van der Waals surface area contributed by atoms with Crippen molar-refractivity contribution in [3.63, 3.8) is 0 Å². The van der Waals surface area contributed by atoms with Crippen molar-refractivity contribution in [3.05, 3.63) is 0 Å². The number of sulfonamides is 1. The zero-order valence-corrected chi connectivity index (χ0v) is 13.5. The summed E-state index contributed by atoms with van der Waals surface area (Å²) in [5.41, 5.74) is 0. The van der Waals surface area contributed by atoms with Crippen molar-refractivity contribution in [1.82, 2.24) is 9.62 Å². The number of rotatable bonds is 10. The second kappa shape index (κ2) is 9.68. The molecule has 1 rings (SSSR count). The highest BCUT2D eigenvalue weighted by molar-refractivity contribution is 7.89. The SMILES string of the molecule is COCCCS(=O)(=O)N1CCCCC1CNCCOC. The molecule has 1 heterocycles. The lowest BCUT2D eigenvalue weighted by molar-refractivity contribution is 0.190. The summed E-state index contributed by atoms with van der Waals surface area (Å²) >= 11 is 0. The van der Waals surface area contributed by atoms with Gasteiger partial charge in [-0.2, -0.15) is 4.31 Å². The number of ether oxygens (including phenoxy) is 2. The van der Waals surface area contributed by atoms with Crippen molar-refractivity contribution in [1.29, 1.82) is 0 Å². The second-order valence-corrected chi connectivity index (χ2v) is 7.16. The van der Waals surface area contributed by atoms with Crippen molar-refractivity contribution in [2.75, 3.05) is 52.8 Å². The quantitative estimate of drug-likeness (QED) is 0.593. The number of methoxy groups -OCH3 is 2. The lowest BCUT2D eigenvalue weighted by atomic mass is 10.1. The molecule has 0 radical (unpaired) electrons. The van der Waals surface area contributed by atoms with Crippen LogP contribution < -0.4 is 5.32 Å². The van der Waals surface area contributed by atoms with Gasteiger partial charge in [-0.1, -0.05) is 6.42 Å². The summed E-state index contributed by atoms with van der Waals surface area (Å²) in [6.45, 7) is 3.24. The van der Waals surface area contributed by atoms with Crippen LogP contribution in [0.2, 0.25) is 0 Å². The van der Waals surface area contributed by atoms with Gasteiger partial charge in [0.05, 0.1) is 12.4 Å². The minimum atomic E-state index is -3.17. The van der Waals surface area contributed by atoms with E-state index >= 15 is 0 Å². The van der Waals surface area contributed by atoms with Crippen LogP contribution in [0, 0.1) is 0 Å². The monoisotopic (exact) mass is 308 g/mol. The van der Waals surface area contributed by atoms with Gasteiger partial charge in [-0.25, -0.2) is 8.42 Å². The molecule has 0 saturated carbocycles. The molecule has 0 aromatic heterocycles. The van der Waals surface area contributed by atoms with Crippen molar-refractivity contribution < 1.29 is 17.9 Å². The van der Waals surface area contributed by atoms with Crippen LogP contribution in [-0.4, -0.2) is 71.6 Å². The van der Waals surface area contributed by atoms with E-state index in [0.717, 1.165) is 25.8 Å². The van der Waals surface area contributed by atoms with Crippen molar-refractivity contribution in [3.8, 4) is 0 Å². The average molecular weight is 308 g/mol. The first-order valence-electron chi connectivity index (χ1n) is 7.30. The maximum atomic E-state index is 12.4. The standard InChI is InChI=1S/C13H28N2O4S/c1-18-9-5-11-20(16,17)15-8-4-3-6-13(15)12-14-7-10-19-2/h13-14H,3-12H2,1-2H3. The molecule has 1 saturated heterocycles. The van der Waals surface area contributed by atoms with Gasteiger partial charge in [-0.05, 0) is 19.3 Å². The Hall–Kier alpha value is -0.210. The van der Waals surface area contributed by atoms with E-state index in [0.29, 0.717) is 32.7 Å². The number of piperidine rings is 1. The number of nitrogens with zero attached hydrogens (tertiary/aromatic N) is 1. The Morgan fingerprint density at radius 1 is 1.20 bits per heavy atom. The Morgan fingerprint density at radius 3 is 2.65 bits per heavy atom. The highest BCUT2D eigenvalue weighted by Gasteiger charge is 2.31. The summed E-state index contributed by atoms with van der Waals surface area (Å²) in [7, 11) is 0.0895. The van der Waals surface area contributed by atoms with Crippen LogP contribution >= 0.6 is 0 Å². The molecule has 1 aliphatic rings. The van der Waals surface area contributed by atoms with Gasteiger partial charge in [0.2, 0.25) is 10.0 Å². The van der Waals surface area contributed by atoms with Gasteiger partial charge in [0.15, 0.2) is 0 Å². The van der Waals surface area contributed by atoms with E-state index in [1.54, 1.807) is 18.5 Å². The summed E-state index contributed by atoms with van der Waals surface area (Å²) in [4.78, 5) is 0. The molecular formula is C13H28N2O4S. The van der Waals surface area contributed by atoms with Gasteiger partial charge >= 0.3 is 0 Å². The molecule has 1 N–H and O–H groups in total. The summed E-state index contributed by atoms with van der Waals surface area (Å²) in [6, 6.07) is 0.0770. The molecule has 7 heteroatoms. The van der Waals surface area contributed by atoms with Crippen LogP contribution in [0.3, 0.4) is 0 Å². The normalized spacial score (nSPS) is 21.2. The Morgan fingerprint density at radius 2 is 1.95 bits per heavy atom. The first-order valence-corrected chi connectivity index (χ1v) is 8.91. The van der Waals surface area contributed by atoms with Gasteiger partial charge in [-0.3, -0.25) is 0 Å². The second-order valence-electron chi connectivity index (χ2n) is 5.12. The number of hydrogen-bond donors (Lipinski definition) is 1. The first kappa shape index (κ1) is 17.8. The minimum absolute atomic E-state index is 0.0770. The van der Waals surface area contributed by atoms with Crippen molar-refractivity contribution >= 4 is 10.0 Å². The van der Waals surface area contributed by atoms with E-state index in [2.05, 4.69) is 5.32 Å². The Bertz CT molecular complexity index is 348. The summed E-state index contributed by atoms with van der Waals surface area (Å²) in [6.07, 6.45) is 3.54. The first-order chi connectivity index (χ1) is 9.61. The number of nitrogens with one attached hydrogen (secondary N) is 1. The van der Waals surface area contributed by atoms with E-state index in [1.165, 1.54) is 0 Å². The molecule has 1 unspecified atom stereocenters. The molecule has 1 atom stereocenters. The predicted octanol–water partition coefficient (Wildman–Crippen LogP) is 0.443. The minimum Gasteiger partial charge on any atom is -0.385 e. The zero-order valence-electron chi connectivity index (χ0n) is 12.6. The molecule has 0 spiro atoms. The predicted molar refractivity (Wildman–Crippen MR) is 79.4 cm³/mol. The molecule has 0 amide bonds. The molecule has 0 bridgehead atoms. The number of hydrogen-bond acceptors (Lipinski definition) is 5. The highest BCUT2D eigenvalue weighted by atomic mass is 32.2. The van der Waals surface area contributed by atoms with Crippen LogP contribution in [-0.2, 0) is 19.5 Å². The van der Waals surface area contributed by atoms with Gasteiger partial charge < -0.3 is 14.8 Å². The van der Waals surface area contributed by atoms with Crippen molar-refractivity contribution in [2.45, 2.75) is 31.7 Å². The fraction of sp³-hybridized carbons (Fsp3) is 1.00. The fourth-order valence-corrected chi connectivity index (χ4v) is 4.25. The average Bonchev–Trinajstić information content (AvgIpc) is 2.44. The summed E-state index contributed by atoms with van der Waals surface area (Å²) in [5, 5.41) is 3.27. The van der Waals surface area contributed by atoms with Gasteiger partial charge in [0.1, 0.15) is 0 Å². The third-order valence-electron chi connectivity index (χ3n) is 3.54. The van der Waals surface area contributed by atoms with Gasteiger partial charge in [0.25, 0.3) is 0 Å². The molecule has 0 aromatic rings. The largest absolute Gasteiger partial charge is 0.385 e.